The Morgan fingerprint density at radius 2 is 2.00 bits per heavy atom. The van der Waals surface area contributed by atoms with Crippen molar-refractivity contribution in [3.63, 3.8) is 0 Å². The lowest BCUT2D eigenvalue weighted by Crippen LogP contribution is -2.08. The Morgan fingerprint density at radius 3 is 2.79 bits per heavy atom. The quantitative estimate of drug-likeness (QED) is 0.425. The fourth-order valence-electron chi connectivity index (χ4n) is 2.78. The molecule has 6 heteroatoms. The van der Waals surface area contributed by atoms with Gasteiger partial charge in [0.1, 0.15) is 15.4 Å². The van der Waals surface area contributed by atoms with Crippen LogP contribution in [0.2, 0.25) is 5.02 Å². The molecule has 2 aromatic carbocycles. The van der Waals surface area contributed by atoms with Gasteiger partial charge >= 0.3 is 0 Å². The number of benzene rings is 2. The predicted molar refractivity (Wildman–Crippen MR) is 117 cm³/mol. The summed E-state index contributed by atoms with van der Waals surface area (Å²) in [5.74, 6) is -0.208. The van der Waals surface area contributed by atoms with E-state index < -0.39 is 0 Å². The van der Waals surface area contributed by atoms with Crippen LogP contribution < -0.4 is 5.32 Å². The molecule has 0 spiro atoms. The molecule has 138 valence electrons. The zero-order valence-electron chi connectivity index (χ0n) is 15.0. The standard InChI is InChI=1S/C22H16ClN3OS/c1-14-13-16(21-26-19-7-4-12-24-22(19)28-21)8-10-18(14)25-20(27)11-9-15-5-2-3-6-17(15)23/h2-13H,1H3,(H,25,27)/b11-9+. The van der Waals surface area contributed by atoms with Crippen molar-refractivity contribution in [3.05, 3.63) is 83.0 Å². The van der Waals surface area contributed by atoms with Gasteiger partial charge in [0, 0.05) is 28.5 Å². The molecule has 1 N–H and O–H groups in total. The second-order valence-corrected chi connectivity index (χ2v) is 7.61. The molecule has 0 saturated carbocycles. The van der Waals surface area contributed by atoms with E-state index in [-0.39, 0.29) is 5.91 Å². The topological polar surface area (TPSA) is 54.9 Å². The van der Waals surface area contributed by atoms with Gasteiger partial charge in [0.15, 0.2) is 0 Å². The van der Waals surface area contributed by atoms with Gasteiger partial charge in [-0.05, 0) is 60.5 Å². The van der Waals surface area contributed by atoms with Gasteiger partial charge in [-0.2, -0.15) is 0 Å². The van der Waals surface area contributed by atoms with Crippen LogP contribution in [0.15, 0.2) is 66.9 Å². The molecule has 28 heavy (non-hydrogen) atoms. The number of amides is 1. The second kappa shape index (κ2) is 7.92. The summed E-state index contributed by atoms with van der Waals surface area (Å²) in [5, 5.41) is 4.43. The molecule has 0 saturated heterocycles. The number of fused-ring (bicyclic) bond motifs is 1. The number of aromatic nitrogens is 2. The maximum atomic E-state index is 12.3. The largest absolute Gasteiger partial charge is 0.322 e. The molecule has 0 atom stereocenters. The molecule has 4 rings (SSSR count). The number of nitrogens with one attached hydrogen (secondary N) is 1. The molecule has 0 aliphatic rings. The molecule has 4 nitrogen and oxygen atoms in total. The monoisotopic (exact) mass is 405 g/mol. The number of rotatable bonds is 4. The van der Waals surface area contributed by atoms with Crippen LogP contribution in [0.1, 0.15) is 11.1 Å². The SMILES string of the molecule is Cc1cc(-c2nc3cccnc3s2)ccc1NC(=O)/C=C/c1ccccc1Cl. The summed E-state index contributed by atoms with van der Waals surface area (Å²) in [6.07, 6.45) is 4.95. The molecule has 2 aromatic heterocycles. The van der Waals surface area contributed by atoms with Crippen LogP contribution in [0, 0.1) is 6.92 Å². The first kappa shape index (κ1) is 18.3. The fraction of sp³-hybridized carbons (Fsp3) is 0.0455. The van der Waals surface area contributed by atoms with Crippen LogP contribution in [0.3, 0.4) is 0 Å². The van der Waals surface area contributed by atoms with E-state index in [1.165, 1.54) is 6.08 Å². The summed E-state index contributed by atoms with van der Waals surface area (Å²) in [6, 6.07) is 17.1. The number of pyridine rings is 1. The van der Waals surface area contributed by atoms with E-state index in [0.29, 0.717) is 5.02 Å². The van der Waals surface area contributed by atoms with Gasteiger partial charge in [0.2, 0.25) is 5.91 Å². The van der Waals surface area contributed by atoms with Crippen molar-refractivity contribution in [2.45, 2.75) is 6.92 Å². The number of aryl methyl sites for hydroxylation is 1. The number of hydrogen-bond donors (Lipinski definition) is 1. The number of anilines is 1. The summed E-state index contributed by atoms with van der Waals surface area (Å²) < 4.78 is 0. The van der Waals surface area contributed by atoms with Gasteiger partial charge in [-0.1, -0.05) is 41.1 Å². The van der Waals surface area contributed by atoms with Crippen LogP contribution in [0.5, 0.6) is 0 Å². The highest BCUT2D eigenvalue weighted by Gasteiger charge is 2.09. The Labute approximate surface area is 171 Å². The molecule has 2 heterocycles. The molecule has 0 bridgehead atoms. The molecular weight excluding hydrogens is 390 g/mol. The third-order valence-corrected chi connectivity index (χ3v) is 5.59. The van der Waals surface area contributed by atoms with Gasteiger partial charge < -0.3 is 5.32 Å². The first-order chi connectivity index (χ1) is 13.6. The molecule has 0 radical (unpaired) electrons. The van der Waals surface area contributed by atoms with Gasteiger partial charge in [0.25, 0.3) is 0 Å². The van der Waals surface area contributed by atoms with Crippen molar-refractivity contribution in [1.82, 2.24) is 9.97 Å². The van der Waals surface area contributed by atoms with Crippen molar-refractivity contribution in [1.29, 1.82) is 0 Å². The molecule has 0 aliphatic carbocycles. The summed E-state index contributed by atoms with van der Waals surface area (Å²) >= 11 is 7.66. The van der Waals surface area contributed by atoms with E-state index in [9.17, 15) is 4.79 Å². The van der Waals surface area contributed by atoms with Crippen molar-refractivity contribution < 1.29 is 4.79 Å². The Balaban J connectivity index is 1.51. The summed E-state index contributed by atoms with van der Waals surface area (Å²) in [4.78, 5) is 22.1. The molecule has 1 amide bonds. The third kappa shape index (κ3) is 3.96. The van der Waals surface area contributed by atoms with E-state index in [1.807, 2.05) is 55.5 Å². The Hall–Kier alpha value is -3.02. The summed E-state index contributed by atoms with van der Waals surface area (Å²) in [5.41, 5.74) is 4.42. The first-order valence-electron chi connectivity index (χ1n) is 8.66. The van der Waals surface area contributed by atoms with E-state index >= 15 is 0 Å². The van der Waals surface area contributed by atoms with Crippen LogP contribution in [-0.4, -0.2) is 15.9 Å². The normalized spacial score (nSPS) is 11.2. The van der Waals surface area contributed by atoms with Crippen LogP contribution in [0.25, 0.3) is 27.0 Å². The van der Waals surface area contributed by atoms with Crippen molar-refractivity contribution in [2.75, 3.05) is 5.32 Å². The molecule has 0 aliphatic heterocycles. The van der Waals surface area contributed by atoms with Gasteiger partial charge in [-0.3, -0.25) is 4.79 Å². The van der Waals surface area contributed by atoms with Gasteiger partial charge in [-0.15, -0.1) is 0 Å². The lowest BCUT2D eigenvalue weighted by molar-refractivity contribution is -0.111. The maximum absolute atomic E-state index is 12.3. The summed E-state index contributed by atoms with van der Waals surface area (Å²) in [6.45, 7) is 1.96. The summed E-state index contributed by atoms with van der Waals surface area (Å²) in [7, 11) is 0. The molecule has 4 aromatic rings. The Morgan fingerprint density at radius 1 is 1.14 bits per heavy atom. The van der Waals surface area contributed by atoms with E-state index in [1.54, 1.807) is 29.7 Å². The zero-order chi connectivity index (χ0) is 19.5. The number of carbonyl (C=O) groups excluding carboxylic acids is 1. The van der Waals surface area contributed by atoms with E-state index in [4.69, 9.17) is 11.6 Å². The average molecular weight is 406 g/mol. The highest BCUT2D eigenvalue weighted by atomic mass is 35.5. The van der Waals surface area contributed by atoms with Gasteiger partial charge in [0.05, 0.1) is 0 Å². The van der Waals surface area contributed by atoms with Crippen molar-refractivity contribution in [3.8, 4) is 10.6 Å². The first-order valence-corrected chi connectivity index (χ1v) is 9.86. The minimum atomic E-state index is -0.208. The fourth-order valence-corrected chi connectivity index (χ4v) is 3.88. The predicted octanol–water partition coefficient (Wildman–Crippen LogP) is 5.97. The lowest BCUT2D eigenvalue weighted by Gasteiger charge is -2.08. The number of nitrogens with zero attached hydrogens (tertiary/aromatic N) is 2. The number of halogens is 1. The second-order valence-electron chi connectivity index (χ2n) is 6.22. The molecule has 0 fully saturated rings. The average Bonchev–Trinajstić information content (AvgIpc) is 3.13. The van der Waals surface area contributed by atoms with Crippen molar-refractivity contribution >= 4 is 51.0 Å². The minimum Gasteiger partial charge on any atom is -0.322 e. The van der Waals surface area contributed by atoms with Crippen molar-refractivity contribution in [2.24, 2.45) is 0 Å². The molecular formula is C22H16ClN3OS. The Bertz CT molecular complexity index is 1170. The smallest absolute Gasteiger partial charge is 0.248 e. The third-order valence-electron chi connectivity index (χ3n) is 4.22. The van der Waals surface area contributed by atoms with E-state index in [2.05, 4.69) is 15.3 Å². The minimum absolute atomic E-state index is 0.208. The highest BCUT2D eigenvalue weighted by Crippen LogP contribution is 2.31. The van der Waals surface area contributed by atoms with E-state index in [0.717, 1.165) is 37.7 Å². The number of carbonyl (C=O) groups is 1. The Kier molecular flexibility index (Phi) is 5.19. The van der Waals surface area contributed by atoms with Crippen LogP contribution in [0.4, 0.5) is 5.69 Å². The zero-order valence-corrected chi connectivity index (χ0v) is 16.6. The van der Waals surface area contributed by atoms with Crippen LogP contribution >= 0.6 is 22.9 Å². The maximum Gasteiger partial charge on any atom is 0.248 e. The van der Waals surface area contributed by atoms with Gasteiger partial charge in [-0.25, -0.2) is 9.97 Å². The van der Waals surface area contributed by atoms with Crippen LogP contribution in [-0.2, 0) is 4.79 Å². The highest BCUT2D eigenvalue weighted by molar-refractivity contribution is 7.21. The lowest BCUT2D eigenvalue weighted by atomic mass is 10.1. The number of thiazole rings is 1. The molecule has 0 unspecified atom stereocenters. The number of hydrogen-bond acceptors (Lipinski definition) is 4.